The highest BCUT2D eigenvalue weighted by Crippen LogP contribution is 2.33. The van der Waals surface area contributed by atoms with Crippen molar-refractivity contribution in [1.29, 1.82) is 0 Å². The van der Waals surface area contributed by atoms with Gasteiger partial charge in [0.15, 0.2) is 17.1 Å². The van der Waals surface area contributed by atoms with Crippen LogP contribution in [0.3, 0.4) is 0 Å². The Morgan fingerprint density at radius 2 is 1.83 bits per heavy atom. The predicted molar refractivity (Wildman–Crippen MR) is 128 cm³/mol. The Hall–Kier alpha value is -3.73. The lowest BCUT2D eigenvalue weighted by Crippen LogP contribution is -2.28. The first-order valence-corrected chi connectivity index (χ1v) is 12.7. The van der Waals surface area contributed by atoms with Gasteiger partial charge in [0.1, 0.15) is 21.5 Å². The van der Waals surface area contributed by atoms with Gasteiger partial charge in [0, 0.05) is 18.0 Å². The fourth-order valence-corrected chi connectivity index (χ4v) is 4.90. The van der Waals surface area contributed by atoms with Crippen LogP contribution >= 0.6 is 0 Å². The molecule has 0 aliphatic heterocycles. The van der Waals surface area contributed by atoms with E-state index in [0.717, 1.165) is 18.4 Å². The van der Waals surface area contributed by atoms with Gasteiger partial charge in [0.2, 0.25) is 0 Å². The van der Waals surface area contributed by atoms with Crippen LogP contribution < -0.4 is 15.2 Å². The number of pyridine rings is 1. The Morgan fingerprint density at radius 1 is 1.11 bits per heavy atom. The van der Waals surface area contributed by atoms with Crippen LogP contribution in [-0.4, -0.2) is 48.7 Å². The molecule has 2 heterocycles. The monoisotopic (exact) mass is 503 g/mol. The van der Waals surface area contributed by atoms with Crippen molar-refractivity contribution in [3.63, 3.8) is 0 Å². The van der Waals surface area contributed by atoms with Gasteiger partial charge < -0.3 is 14.5 Å². The molecule has 0 radical (unpaired) electrons. The molecule has 184 valence electrons. The van der Waals surface area contributed by atoms with Crippen molar-refractivity contribution in [2.24, 2.45) is 0 Å². The maximum Gasteiger partial charge on any atom is 0.328 e. The molecule has 35 heavy (non-hydrogen) atoms. The van der Waals surface area contributed by atoms with E-state index in [9.17, 15) is 22.0 Å². The number of rotatable bonds is 8. The number of fused-ring (bicyclic) bond motifs is 1. The van der Waals surface area contributed by atoms with E-state index < -0.39 is 39.0 Å². The van der Waals surface area contributed by atoms with E-state index in [1.165, 1.54) is 30.0 Å². The van der Waals surface area contributed by atoms with E-state index in [1.54, 1.807) is 25.1 Å². The highest BCUT2D eigenvalue weighted by Gasteiger charge is 2.26. The van der Waals surface area contributed by atoms with Crippen LogP contribution in [0, 0.1) is 11.6 Å². The zero-order valence-corrected chi connectivity index (χ0v) is 20.0. The first-order valence-electron chi connectivity index (χ1n) is 10.7. The number of halogens is 2. The van der Waals surface area contributed by atoms with Crippen molar-refractivity contribution in [3.05, 3.63) is 76.3 Å². The van der Waals surface area contributed by atoms with Crippen molar-refractivity contribution < 1.29 is 26.7 Å². The number of ether oxygens (including phenoxy) is 2. The molecule has 0 aliphatic carbocycles. The quantitative estimate of drug-likeness (QED) is 0.393. The molecule has 0 saturated heterocycles. The summed E-state index contributed by atoms with van der Waals surface area (Å²) >= 11 is 0. The van der Waals surface area contributed by atoms with Gasteiger partial charge in [-0.25, -0.2) is 27.0 Å². The highest BCUT2D eigenvalue weighted by atomic mass is 32.2. The Balaban J connectivity index is 1.90. The van der Waals surface area contributed by atoms with Gasteiger partial charge in [-0.2, -0.15) is 0 Å². The third-order valence-corrected chi connectivity index (χ3v) is 6.37. The molecular weight excluding hydrogens is 480 g/mol. The molecule has 4 rings (SSSR count). The summed E-state index contributed by atoms with van der Waals surface area (Å²) in [6, 6.07) is 8.83. The summed E-state index contributed by atoms with van der Waals surface area (Å²) in [7, 11) is -2.08. The lowest BCUT2D eigenvalue weighted by molar-refractivity contribution is 0.310. The normalized spacial score (nSPS) is 12.6. The first kappa shape index (κ1) is 24.4. The molecule has 8 nitrogen and oxygen atoms in total. The zero-order chi connectivity index (χ0) is 25.3. The number of aromatic nitrogens is 3. The fraction of sp³-hybridized carbons (Fsp3) is 0.250. The molecule has 1 atom stereocenters. The van der Waals surface area contributed by atoms with Crippen LogP contribution in [0.25, 0.3) is 22.3 Å². The fourth-order valence-electron chi connectivity index (χ4n) is 3.99. The molecule has 0 spiro atoms. The van der Waals surface area contributed by atoms with Crippen LogP contribution in [-0.2, 0) is 9.84 Å². The van der Waals surface area contributed by atoms with Gasteiger partial charge in [-0.3, -0.25) is 4.57 Å². The topological polar surface area (TPSA) is 103 Å². The van der Waals surface area contributed by atoms with Crippen LogP contribution in [0.2, 0.25) is 0 Å². The maximum absolute atomic E-state index is 14.3. The number of H-pyrrole nitrogens is 1. The van der Waals surface area contributed by atoms with Gasteiger partial charge in [-0.1, -0.05) is 12.1 Å². The van der Waals surface area contributed by atoms with Gasteiger partial charge >= 0.3 is 5.69 Å². The van der Waals surface area contributed by atoms with Crippen molar-refractivity contribution in [2.75, 3.05) is 25.7 Å². The Bertz CT molecular complexity index is 1540. The first-order chi connectivity index (χ1) is 16.6. The van der Waals surface area contributed by atoms with Gasteiger partial charge in [-0.05, 0) is 42.8 Å². The van der Waals surface area contributed by atoms with Crippen molar-refractivity contribution in [2.45, 2.75) is 13.0 Å². The highest BCUT2D eigenvalue weighted by molar-refractivity contribution is 7.90. The average Bonchev–Trinajstić information content (AvgIpc) is 3.12. The number of nitrogens with one attached hydrogen (secondary N) is 1. The molecular formula is C24H23F2N3O5S. The number of nitrogens with zero attached hydrogens (tertiary/aromatic N) is 2. The Kier molecular flexibility index (Phi) is 6.62. The summed E-state index contributed by atoms with van der Waals surface area (Å²) < 4.78 is 65.3. The van der Waals surface area contributed by atoms with Crippen LogP contribution in [0.1, 0.15) is 18.5 Å². The van der Waals surface area contributed by atoms with E-state index in [-0.39, 0.29) is 22.3 Å². The number of sulfone groups is 1. The molecule has 2 aromatic heterocycles. The second-order valence-corrected chi connectivity index (χ2v) is 10.1. The molecule has 4 aromatic rings. The summed E-state index contributed by atoms with van der Waals surface area (Å²) in [5, 5.41) is 0. The number of imidazole rings is 1. The third-order valence-electron chi connectivity index (χ3n) is 5.45. The predicted octanol–water partition coefficient (Wildman–Crippen LogP) is 3.71. The lowest BCUT2D eigenvalue weighted by atomic mass is 10.1. The second kappa shape index (κ2) is 9.49. The van der Waals surface area contributed by atoms with Gasteiger partial charge in [-0.15, -0.1) is 0 Å². The van der Waals surface area contributed by atoms with E-state index in [4.69, 9.17) is 9.47 Å². The summed E-state index contributed by atoms with van der Waals surface area (Å²) in [6.45, 7) is 2.14. The van der Waals surface area contributed by atoms with Crippen LogP contribution in [0.4, 0.5) is 8.78 Å². The van der Waals surface area contributed by atoms with Gasteiger partial charge in [0.25, 0.3) is 0 Å². The molecule has 0 bridgehead atoms. The number of hydrogen-bond donors (Lipinski definition) is 1. The van der Waals surface area contributed by atoms with Crippen LogP contribution in [0.15, 0.2) is 53.5 Å². The van der Waals surface area contributed by atoms with Crippen molar-refractivity contribution >= 4 is 21.0 Å². The van der Waals surface area contributed by atoms with E-state index in [2.05, 4.69) is 9.97 Å². The smallest absolute Gasteiger partial charge is 0.328 e. The summed E-state index contributed by atoms with van der Waals surface area (Å²) in [5.41, 5.74) is 0.0452. The minimum atomic E-state index is -3.56. The molecule has 0 amide bonds. The minimum Gasteiger partial charge on any atom is -0.493 e. The van der Waals surface area contributed by atoms with E-state index >= 15 is 0 Å². The Morgan fingerprint density at radius 3 is 2.46 bits per heavy atom. The maximum atomic E-state index is 14.3. The minimum absolute atomic E-state index is 0.129. The van der Waals surface area contributed by atoms with Crippen molar-refractivity contribution in [3.8, 4) is 22.6 Å². The molecule has 1 unspecified atom stereocenters. The van der Waals surface area contributed by atoms with E-state index in [1.807, 2.05) is 0 Å². The standard InChI is InChI=1S/C24H23F2N3O5S/c1-4-34-21-11-14(8-9-20(21)33-2)19(13-35(3,31)32)29-23-18(28-24(29)30)10-15(12-27-23)22-16(25)6-5-7-17(22)26/h5-12,19H,4,13H2,1-3H3,(H,28,30). The molecule has 0 saturated carbocycles. The van der Waals surface area contributed by atoms with Crippen LogP contribution in [0.5, 0.6) is 11.5 Å². The summed E-state index contributed by atoms with van der Waals surface area (Å²) in [5.74, 6) is -1.10. The molecule has 0 fully saturated rings. The summed E-state index contributed by atoms with van der Waals surface area (Å²) in [6.07, 6.45) is 2.31. The third kappa shape index (κ3) is 4.90. The second-order valence-electron chi connectivity index (χ2n) is 7.94. The zero-order valence-electron chi connectivity index (χ0n) is 19.2. The molecule has 0 aliphatic rings. The summed E-state index contributed by atoms with van der Waals surface area (Å²) in [4.78, 5) is 19.9. The SMILES string of the molecule is CCOc1cc(C(CS(C)(=O)=O)n2c(=O)[nH]c3cc(-c4c(F)cccc4F)cnc32)ccc1OC. The van der Waals surface area contributed by atoms with Gasteiger partial charge in [0.05, 0.1) is 36.6 Å². The molecule has 2 aromatic carbocycles. The lowest BCUT2D eigenvalue weighted by Gasteiger charge is -2.20. The molecule has 11 heteroatoms. The number of methoxy groups -OCH3 is 1. The van der Waals surface area contributed by atoms with Crippen molar-refractivity contribution in [1.82, 2.24) is 14.5 Å². The average molecular weight is 504 g/mol. The number of hydrogen-bond acceptors (Lipinski definition) is 6. The largest absolute Gasteiger partial charge is 0.493 e. The number of benzene rings is 2. The Labute approximate surface area is 200 Å². The van der Waals surface area contributed by atoms with E-state index in [0.29, 0.717) is 23.7 Å². The molecule has 1 N–H and O–H groups in total. The number of aromatic amines is 1.